The van der Waals surface area contributed by atoms with E-state index in [1.54, 1.807) is 0 Å². The van der Waals surface area contributed by atoms with Crippen LogP contribution in [-0.2, 0) is 11.4 Å². The Balaban J connectivity index is 2.86. The van der Waals surface area contributed by atoms with Gasteiger partial charge >= 0.3 is 0 Å². The van der Waals surface area contributed by atoms with Gasteiger partial charge in [-0.2, -0.15) is 0 Å². The number of nitrogens with one attached hydrogen (secondary N) is 1. The molecule has 0 spiro atoms. The molecule has 100 valence electrons. The summed E-state index contributed by atoms with van der Waals surface area (Å²) >= 11 is 1.21. The highest BCUT2D eigenvalue weighted by atomic mass is 127. The molecule has 0 fully saturated rings. The zero-order valence-electron chi connectivity index (χ0n) is 11.1. The lowest BCUT2D eigenvalue weighted by molar-refractivity contribution is 0.524. The van der Waals surface area contributed by atoms with Crippen molar-refractivity contribution in [2.75, 3.05) is 0 Å². The van der Waals surface area contributed by atoms with Gasteiger partial charge in [-0.3, -0.25) is 0 Å². The van der Waals surface area contributed by atoms with Crippen LogP contribution in [0, 0.1) is 3.57 Å². The van der Waals surface area contributed by atoms with Crippen molar-refractivity contribution in [2.45, 2.75) is 38.0 Å². The molecule has 0 amide bonds. The van der Waals surface area contributed by atoms with Crippen molar-refractivity contribution in [1.29, 1.82) is 0 Å². The highest BCUT2D eigenvalue weighted by molar-refractivity contribution is 14.1. The van der Waals surface area contributed by atoms with Gasteiger partial charge in [0, 0.05) is 14.9 Å². The highest BCUT2D eigenvalue weighted by Crippen LogP contribution is 2.23. The molecule has 2 atom stereocenters. The number of hydrogen-bond acceptors (Lipinski definition) is 2. The first kappa shape index (κ1) is 16.0. The largest absolute Gasteiger partial charge is 0.598 e. The summed E-state index contributed by atoms with van der Waals surface area (Å²) in [4.78, 5) is 0. The van der Waals surface area contributed by atoms with Gasteiger partial charge in [-0.15, -0.1) is 11.3 Å². The van der Waals surface area contributed by atoms with Crippen molar-refractivity contribution in [3.8, 4) is 0 Å². The minimum absolute atomic E-state index is 0.0530. The smallest absolute Gasteiger partial charge is 0.136 e. The molecule has 0 bridgehead atoms. The predicted molar refractivity (Wildman–Crippen MR) is 87.7 cm³/mol. The van der Waals surface area contributed by atoms with E-state index in [1.165, 1.54) is 3.57 Å². The van der Waals surface area contributed by atoms with E-state index in [1.807, 2.05) is 32.9 Å². The second-order valence-corrected chi connectivity index (χ2v) is 8.37. The van der Waals surface area contributed by atoms with Crippen molar-refractivity contribution in [3.63, 3.8) is 0 Å². The molecule has 0 aliphatic heterocycles. The number of rotatable bonds is 5. The second kappa shape index (κ2) is 6.93. The van der Waals surface area contributed by atoms with Gasteiger partial charge in [0.15, 0.2) is 0 Å². The molecule has 0 saturated carbocycles. The summed E-state index contributed by atoms with van der Waals surface area (Å²) in [6.45, 7) is 9.68. The van der Waals surface area contributed by atoms with Gasteiger partial charge in [-0.05, 0) is 67.5 Å². The van der Waals surface area contributed by atoms with Crippen molar-refractivity contribution >= 4 is 34.0 Å². The maximum atomic E-state index is 12.2. The van der Waals surface area contributed by atoms with E-state index < -0.39 is 11.4 Å². The van der Waals surface area contributed by atoms with Crippen LogP contribution in [0.3, 0.4) is 0 Å². The molecule has 0 saturated heterocycles. The summed E-state index contributed by atoms with van der Waals surface area (Å²) in [6.07, 6.45) is 2.62. The first-order chi connectivity index (χ1) is 8.34. The topological polar surface area (TPSA) is 35.1 Å². The van der Waals surface area contributed by atoms with E-state index in [0.29, 0.717) is 0 Å². The van der Waals surface area contributed by atoms with Crippen molar-refractivity contribution < 1.29 is 4.55 Å². The van der Waals surface area contributed by atoms with Crippen LogP contribution in [0.15, 0.2) is 36.9 Å². The van der Waals surface area contributed by atoms with Gasteiger partial charge in [0.1, 0.15) is 4.75 Å². The van der Waals surface area contributed by atoms with E-state index in [4.69, 9.17) is 0 Å². The SMILES string of the molecule is C=CC[C@H](N[S@+]([O-])C(C)(C)C)c1cccc(I)c1. The van der Waals surface area contributed by atoms with E-state index in [-0.39, 0.29) is 10.8 Å². The average molecular weight is 377 g/mol. The minimum Gasteiger partial charge on any atom is -0.598 e. The molecule has 0 unspecified atom stereocenters. The number of halogens is 1. The normalized spacial score (nSPS) is 15.2. The molecule has 1 aromatic rings. The van der Waals surface area contributed by atoms with Crippen LogP contribution >= 0.6 is 22.6 Å². The Hall–Kier alpha value is -0.0400. The zero-order chi connectivity index (χ0) is 13.8. The Morgan fingerprint density at radius 3 is 2.67 bits per heavy atom. The summed E-state index contributed by atoms with van der Waals surface area (Å²) in [6, 6.07) is 8.30. The van der Waals surface area contributed by atoms with Crippen LogP contribution in [0.25, 0.3) is 0 Å². The van der Waals surface area contributed by atoms with Crippen LogP contribution in [0.2, 0.25) is 0 Å². The molecular weight excluding hydrogens is 357 g/mol. The molecule has 1 N–H and O–H groups in total. The minimum atomic E-state index is -1.08. The van der Waals surface area contributed by atoms with Gasteiger partial charge in [0.25, 0.3) is 0 Å². The van der Waals surface area contributed by atoms with E-state index >= 15 is 0 Å². The Labute approximate surface area is 127 Å². The quantitative estimate of drug-likeness (QED) is 0.479. The Morgan fingerprint density at radius 1 is 1.50 bits per heavy atom. The summed E-state index contributed by atoms with van der Waals surface area (Å²) in [5, 5.41) is 0. The maximum absolute atomic E-state index is 12.2. The Kier molecular flexibility index (Phi) is 6.17. The third-order valence-corrected chi connectivity index (χ3v) is 4.74. The van der Waals surface area contributed by atoms with E-state index in [9.17, 15) is 4.55 Å². The average Bonchev–Trinajstić information content (AvgIpc) is 2.27. The Morgan fingerprint density at radius 2 is 2.17 bits per heavy atom. The summed E-state index contributed by atoms with van der Waals surface area (Å²) in [7, 11) is 0. The molecule has 0 heterocycles. The predicted octanol–water partition coefficient (Wildman–Crippen LogP) is 3.96. The monoisotopic (exact) mass is 377 g/mol. The van der Waals surface area contributed by atoms with Gasteiger partial charge in [-0.25, -0.2) is 0 Å². The van der Waals surface area contributed by atoms with Gasteiger partial charge in [0.05, 0.1) is 6.04 Å². The summed E-state index contributed by atoms with van der Waals surface area (Å²) in [5.41, 5.74) is 1.15. The van der Waals surface area contributed by atoms with Crippen LogP contribution < -0.4 is 4.72 Å². The highest BCUT2D eigenvalue weighted by Gasteiger charge is 2.29. The van der Waals surface area contributed by atoms with Crippen LogP contribution in [0.4, 0.5) is 0 Å². The third kappa shape index (κ3) is 4.91. The molecule has 0 aliphatic rings. The first-order valence-electron chi connectivity index (χ1n) is 5.89. The molecule has 0 aliphatic carbocycles. The lowest BCUT2D eigenvalue weighted by Gasteiger charge is -2.27. The molecule has 2 nitrogen and oxygen atoms in total. The molecular formula is C14H20INOS. The third-order valence-electron chi connectivity index (χ3n) is 2.46. The molecule has 18 heavy (non-hydrogen) atoms. The standard InChI is InChI=1S/C14H20INOS/c1-5-7-13(16-18(17)14(2,3)4)11-8-6-9-12(15)10-11/h5-6,8-10,13,16H,1,7H2,2-4H3/t13-,18+/m0/s1. The van der Waals surface area contributed by atoms with Crippen molar-refractivity contribution in [2.24, 2.45) is 0 Å². The maximum Gasteiger partial charge on any atom is 0.136 e. The van der Waals surface area contributed by atoms with E-state index in [0.717, 1.165) is 12.0 Å². The zero-order valence-corrected chi connectivity index (χ0v) is 14.0. The van der Waals surface area contributed by atoms with Crippen LogP contribution in [-0.4, -0.2) is 9.30 Å². The van der Waals surface area contributed by atoms with Gasteiger partial charge in [0.2, 0.25) is 0 Å². The fourth-order valence-corrected chi connectivity index (χ4v) is 2.86. The lowest BCUT2D eigenvalue weighted by Crippen LogP contribution is -2.41. The second-order valence-electron chi connectivity index (χ2n) is 5.13. The Bertz CT molecular complexity index is 403. The van der Waals surface area contributed by atoms with Crippen molar-refractivity contribution in [1.82, 2.24) is 4.72 Å². The van der Waals surface area contributed by atoms with Gasteiger partial charge in [-0.1, -0.05) is 18.2 Å². The molecule has 4 heteroatoms. The van der Waals surface area contributed by atoms with Crippen LogP contribution in [0.5, 0.6) is 0 Å². The molecule has 0 radical (unpaired) electrons. The first-order valence-corrected chi connectivity index (χ1v) is 8.12. The fraction of sp³-hybridized carbons (Fsp3) is 0.429. The molecule has 0 aromatic heterocycles. The summed E-state index contributed by atoms with van der Waals surface area (Å²) in [5.74, 6) is 0. The molecule has 1 rings (SSSR count). The summed E-state index contributed by atoms with van der Waals surface area (Å²) < 4.78 is 16.3. The van der Waals surface area contributed by atoms with Crippen LogP contribution in [0.1, 0.15) is 38.8 Å². The lowest BCUT2D eigenvalue weighted by atomic mass is 10.1. The molecule has 1 aromatic carbocycles. The van der Waals surface area contributed by atoms with Crippen molar-refractivity contribution in [3.05, 3.63) is 46.1 Å². The number of benzene rings is 1. The fourth-order valence-electron chi connectivity index (χ4n) is 1.45. The number of hydrogen-bond donors (Lipinski definition) is 1. The van der Waals surface area contributed by atoms with Gasteiger partial charge < -0.3 is 4.55 Å². The van der Waals surface area contributed by atoms with E-state index in [2.05, 4.69) is 52.1 Å².